The van der Waals surface area contributed by atoms with Crippen molar-refractivity contribution in [3.8, 4) is 11.5 Å². The zero-order valence-electron chi connectivity index (χ0n) is 16.6. The van der Waals surface area contributed by atoms with Crippen LogP contribution in [0.15, 0.2) is 23.2 Å². The molecule has 0 N–H and O–H groups in total. The van der Waals surface area contributed by atoms with Crippen LogP contribution in [0.2, 0.25) is 0 Å². The van der Waals surface area contributed by atoms with E-state index in [2.05, 4.69) is 24.9 Å². The molecule has 0 saturated carbocycles. The number of hydrogen-bond acceptors (Lipinski definition) is 8. The van der Waals surface area contributed by atoms with Crippen molar-refractivity contribution in [2.24, 2.45) is 7.05 Å². The lowest BCUT2D eigenvalue weighted by Gasteiger charge is -2.17. The quantitative estimate of drug-likeness (QED) is 0.405. The van der Waals surface area contributed by atoms with Gasteiger partial charge in [0, 0.05) is 13.2 Å². The van der Waals surface area contributed by atoms with Crippen LogP contribution in [0, 0.1) is 0 Å². The summed E-state index contributed by atoms with van der Waals surface area (Å²) in [4.78, 5) is 19.3. The van der Waals surface area contributed by atoms with E-state index in [0.717, 1.165) is 23.9 Å². The van der Waals surface area contributed by atoms with Crippen molar-refractivity contribution < 1.29 is 39.9 Å². The van der Waals surface area contributed by atoms with Gasteiger partial charge in [-0.3, -0.25) is 4.98 Å². The van der Waals surface area contributed by atoms with Gasteiger partial charge < -0.3 is 9.30 Å². The van der Waals surface area contributed by atoms with Gasteiger partial charge in [-0.15, -0.1) is 10.2 Å². The van der Waals surface area contributed by atoms with Crippen LogP contribution in [-0.4, -0.2) is 58.2 Å². The molecular weight excluding hydrogens is 465 g/mol. The Kier molecular flexibility index (Phi) is 5.65. The zero-order valence-corrected chi connectivity index (χ0v) is 17.4. The SMILES string of the molecule is CCS(=O)(=O)c1cc(C(=O)OC)cnc1-c1nc2cc(C(F)(F)C(F)(F)F)nnc2n1C. The van der Waals surface area contributed by atoms with Gasteiger partial charge in [0.1, 0.15) is 16.9 Å². The fraction of sp³-hybridized carbons (Fsp3) is 0.353. The Morgan fingerprint density at radius 2 is 1.81 bits per heavy atom. The number of pyridine rings is 1. The van der Waals surface area contributed by atoms with Crippen LogP contribution in [0.3, 0.4) is 0 Å². The molecule has 0 fully saturated rings. The van der Waals surface area contributed by atoms with Crippen LogP contribution in [0.5, 0.6) is 0 Å². The first-order valence-electron chi connectivity index (χ1n) is 8.71. The number of esters is 1. The van der Waals surface area contributed by atoms with Gasteiger partial charge in [-0.25, -0.2) is 18.2 Å². The number of hydrogen-bond donors (Lipinski definition) is 0. The standard InChI is InChI=1S/C17H14F5N5O4S/c1-4-32(29,30)10-5-8(15(28)31-3)7-23-12(10)14-24-9-6-11(16(18,19)17(20,21)22)25-26-13(9)27(14)2/h5-7H,4H2,1-3H3. The third-order valence-corrected chi connectivity index (χ3v) is 6.24. The minimum Gasteiger partial charge on any atom is -0.465 e. The number of aryl methyl sites for hydroxylation is 1. The van der Waals surface area contributed by atoms with Gasteiger partial charge in [0.25, 0.3) is 0 Å². The molecule has 0 aromatic carbocycles. The molecule has 0 aliphatic heterocycles. The molecule has 0 radical (unpaired) electrons. The van der Waals surface area contributed by atoms with E-state index in [1.165, 1.54) is 14.0 Å². The third kappa shape index (κ3) is 3.76. The molecule has 0 spiro atoms. The summed E-state index contributed by atoms with van der Waals surface area (Å²) < 4.78 is 96.2. The third-order valence-electron chi connectivity index (χ3n) is 4.50. The van der Waals surface area contributed by atoms with E-state index in [-0.39, 0.29) is 28.5 Å². The number of nitrogens with zero attached hydrogens (tertiary/aromatic N) is 5. The molecular formula is C17H14F5N5O4S. The van der Waals surface area contributed by atoms with Gasteiger partial charge in [0.15, 0.2) is 21.3 Å². The van der Waals surface area contributed by atoms with Gasteiger partial charge in [-0.05, 0) is 12.1 Å². The molecule has 15 heteroatoms. The van der Waals surface area contributed by atoms with Crippen molar-refractivity contribution in [2.45, 2.75) is 23.9 Å². The Labute approximate surface area is 177 Å². The molecule has 0 bridgehead atoms. The van der Waals surface area contributed by atoms with Crippen LogP contribution in [0.1, 0.15) is 23.0 Å². The largest absolute Gasteiger partial charge is 0.465 e. The zero-order chi connectivity index (χ0) is 24.1. The number of imidazole rings is 1. The van der Waals surface area contributed by atoms with Crippen LogP contribution in [0.25, 0.3) is 22.7 Å². The van der Waals surface area contributed by atoms with E-state index in [4.69, 9.17) is 0 Å². The van der Waals surface area contributed by atoms with Gasteiger partial charge in [0.2, 0.25) is 0 Å². The van der Waals surface area contributed by atoms with Crippen molar-refractivity contribution in [1.82, 2.24) is 24.7 Å². The fourth-order valence-corrected chi connectivity index (χ4v) is 3.79. The van der Waals surface area contributed by atoms with Crippen molar-refractivity contribution >= 4 is 27.0 Å². The highest BCUT2D eigenvalue weighted by molar-refractivity contribution is 7.91. The first-order chi connectivity index (χ1) is 14.7. The lowest BCUT2D eigenvalue weighted by molar-refractivity contribution is -0.291. The Hall–Kier alpha value is -3.23. The van der Waals surface area contributed by atoms with Crippen molar-refractivity contribution in [3.05, 3.63) is 29.6 Å². The maximum atomic E-state index is 13.6. The van der Waals surface area contributed by atoms with E-state index in [0.29, 0.717) is 6.07 Å². The second-order valence-electron chi connectivity index (χ2n) is 6.47. The summed E-state index contributed by atoms with van der Waals surface area (Å²) in [6.45, 7) is 1.34. The molecule has 0 atom stereocenters. The number of carbonyl (C=O) groups excluding carboxylic acids is 1. The molecule has 3 aromatic heterocycles. The van der Waals surface area contributed by atoms with E-state index in [9.17, 15) is 35.2 Å². The predicted octanol–water partition coefficient (Wildman–Crippen LogP) is 2.66. The number of ether oxygens (including phenoxy) is 1. The maximum absolute atomic E-state index is 13.6. The summed E-state index contributed by atoms with van der Waals surface area (Å²) in [5.74, 6) is -6.71. The second kappa shape index (κ2) is 7.72. The molecule has 0 amide bonds. The molecule has 3 heterocycles. The number of rotatable bonds is 5. The number of carbonyl (C=O) groups is 1. The van der Waals surface area contributed by atoms with Crippen molar-refractivity contribution in [2.75, 3.05) is 12.9 Å². The monoisotopic (exact) mass is 479 g/mol. The first kappa shape index (κ1) is 23.4. The number of halogens is 5. The van der Waals surface area contributed by atoms with Crippen LogP contribution < -0.4 is 0 Å². The van der Waals surface area contributed by atoms with Gasteiger partial charge in [-0.2, -0.15) is 22.0 Å². The highest BCUT2D eigenvalue weighted by Gasteiger charge is 2.60. The van der Waals surface area contributed by atoms with Gasteiger partial charge in [-0.1, -0.05) is 6.92 Å². The normalized spacial score (nSPS) is 12.9. The molecule has 9 nitrogen and oxygen atoms in total. The summed E-state index contributed by atoms with van der Waals surface area (Å²) in [5.41, 5.74) is -2.69. The van der Waals surface area contributed by atoms with E-state index < -0.39 is 44.0 Å². The summed E-state index contributed by atoms with van der Waals surface area (Å²) in [6, 6.07) is 1.43. The Bertz CT molecular complexity index is 1320. The molecule has 0 aliphatic carbocycles. The van der Waals surface area contributed by atoms with E-state index >= 15 is 0 Å². The van der Waals surface area contributed by atoms with Crippen molar-refractivity contribution in [1.29, 1.82) is 0 Å². The number of sulfone groups is 1. The lowest BCUT2D eigenvalue weighted by atomic mass is 10.2. The van der Waals surface area contributed by atoms with Gasteiger partial charge in [0.05, 0.1) is 23.3 Å². The fourth-order valence-electron chi connectivity index (χ4n) is 2.73. The molecule has 0 aliphatic rings. The number of alkyl halides is 5. The lowest BCUT2D eigenvalue weighted by Crippen LogP contribution is -2.34. The Morgan fingerprint density at radius 1 is 1.16 bits per heavy atom. The number of fused-ring (bicyclic) bond motifs is 1. The number of aromatic nitrogens is 5. The van der Waals surface area contributed by atoms with Gasteiger partial charge >= 0.3 is 18.1 Å². The highest BCUT2D eigenvalue weighted by atomic mass is 32.2. The predicted molar refractivity (Wildman–Crippen MR) is 98.6 cm³/mol. The minimum absolute atomic E-state index is 0.172. The molecule has 3 rings (SSSR count). The smallest absolute Gasteiger partial charge is 0.459 e. The molecule has 32 heavy (non-hydrogen) atoms. The van der Waals surface area contributed by atoms with Crippen LogP contribution in [-0.2, 0) is 27.5 Å². The molecule has 172 valence electrons. The van der Waals surface area contributed by atoms with E-state index in [1.807, 2.05) is 0 Å². The molecule has 0 saturated heterocycles. The van der Waals surface area contributed by atoms with E-state index in [1.54, 1.807) is 0 Å². The summed E-state index contributed by atoms with van der Waals surface area (Å²) in [6.07, 6.45) is -4.88. The number of methoxy groups -OCH3 is 1. The Balaban J connectivity index is 2.26. The summed E-state index contributed by atoms with van der Waals surface area (Å²) in [7, 11) is -1.57. The van der Waals surface area contributed by atoms with Crippen LogP contribution >= 0.6 is 0 Å². The van der Waals surface area contributed by atoms with Crippen LogP contribution in [0.4, 0.5) is 22.0 Å². The first-order valence-corrected chi connectivity index (χ1v) is 10.4. The average Bonchev–Trinajstić information content (AvgIpc) is 3.07. The summed E-state index contributed by atoms with van der Waals surface area (Å²) >= 11 is 0. The van der Waals surface area contributed by atoms with Crippen molar-refractivity contribution in [3.63, 3.8) is 0 Å². The highest BCUT2D eigenvalue weighted by Crippen LogP contribution is 2.43. The topological polar surface area (TPSA) is 117 Å². The average molecular weight is 479 g/mol. The maximum Gasteiger partial charge on any atom is 0.459 e. The second-order valence-corrected chi connectivity index (χ2v) is 8.72. The summed E-state index contributed by atoms with van der Waals surface area (Å²) in [5, 5.41) is 6.36. The molecule has 0 unspecified atom stereocenters. The molecule has 3 aromatic rings. The Morgan fingerprint density at radius 3 is 2.38 bits per heavy atom. The minimum atomic E-state index is -5.90.